The highest BCUT2D eigenvalue weighted by atomic mass is 32.2. The van der Waals surface area contributed by atoms with E-state index in [0.29, 0.717) is 23.1 Å². The number of aromatic nitrogens is 3. The molecule has 128 valence electrons. The van der Waals surface area contributed by atoms with E-state index in [0.717, 1.165) is 11.0 Å². The summed E-state index contributed by atoms with van der Waals surface area (Å²) in [6.45, 7) is 0. The average molecular weight is 348 g/mol. The molecule has 8 heteroatoms. The molecule has 3 rings (SSSR count). The number of anilines is 1. The van der Waals surface area contributed by atoms with Gasteiger partial charge in [-0.05, 0) is 12.8 Å². The van der Waals surface area contributed by atoms with Crippen LogP contribution in [0.2, 0.25) is 0 Å². The SMILES string of the molecule is COc1cc(NC(=O)CSc2nnc(C3CC3)n2C)cc(OC)c1. The van der Waals surface area contributed by atoms with Crippen LogP contribution in [0.1, 0.15) is 24.6 Å². The summed E-state index contributed by atoms with van der Waals surface area (Å²) in [5, 5.41) is 12.0. The van der Waals surface area contributed by atoms with Crippen LogP contribution >= 0.6 is 11.8 Å². The molecule has 2 aromatic rings. The van der Waals surface area contributed by atoms with Crippen molar-refractivity contribution in [2.45, 2.75) is 23.9 Å². The summed E-state index contributed by atoms with van der Waals surface area (Å²) in [5.74, 6) is 2.94. The molecule has 1 amide bonds. The molecule has 0 saturated heterocycles. The van der Waals surface area contributed by atoms with Gasteiger partial charge in [0.2, 0.25) is 5.91 Å². The van der Waals surface area contributed by atoms with Gasteiger partial charge in [-0.3, -0.25) is 4.79 Å². The van der Waals surface area contributed by atoms with Gasteiger partial charge < -0.3 is 19.4 Å². The number of benzene rings is 1. The molecule has 0 bridgehead atoms. The van der Waals surface area contributed by atoms with Gasteiger partial charge in [-0.25, -0.2) is 0 Å². The molecule has 1 aliphatic rings. The Morgan fingerprint density at radius 1 is 1.25 bits per heavy atom. The van der Waals surface area contributed by atoms with E-state index in [1.165, 1.54) is 24.6 Å². The number of ether oxygens (including phenoxy) is 2. The first-order valence-corrected chi connectivity index (χ1v) is 8.64. The summed E-state index contributed by atoms with van der Waals surface area (Å²) >= 11 is 1.38. The highest BCUT2D eigenvalue weighted by Gasteiger charge is 2.29. The lowest BCUT2D eigenvalue weighted by atomic mass is 10.2. The molecule has 1 aliphatic carbocycles. The number of carbonyl (C=O) groups excluding carboxylic acids is 1. The lowest BCUT2D eigenvalue weighted by molar-refractivity contribution is -0.113. The lowest BCUT2D eigenvalue weighted by Gasteiger charge is -2.09. The summed E-state index contributed by atoms with van der Waals surface area (Å²) in [4.78, 5) is 12.2. The van der Waals surface area contributed by atoms with Crippen LogP contribution < -0.4 is 14.8 Å². The van der Waals surface area contributed by atoms with Crippen molar-refractivity contribution in [3.05, 3.63) is 24.0 Å². The fourth-order valence-electron chi connectivity index (χ4n) is 2.36. The minimum Gasteiger partial charge on any atom is -0.497 e. The Kier molecular flexibility index (Phi) is 4.94. The number of thioether (sulfide) groups is 1. The van der Waals surface area contributed by atoms with Gasteiger partial charge in [0.05, 0.1) is 20.0 Å². The Bertz CT molecular complexity index is 721. The number of hydrogen-bond donors (Lipinski definition) is 1. The van der Waals surface area contributed by atoms with Gasteiger partial charge in [0.1, 0.15) is 17.3 Å². The zero-order valence-electron chi connectivity index (χ0n) is 13.9. The van der Waals surface area contributed by atoms with E-state index in [1.807, 2.05) is 11.6 Å². The second-order valence-corrected chi connectivity index (χ2v) is 6.55. The molecule has 1 fully saturated rings. The third-order valence-electron chi connectivity index (χ3n) is 3.78. The minimum atomic E-state index is -0.119. The Hall–Kier alpha value is -2.22. The second-order valence-electron chi connectivity index (χ2n) is 5.61. The summed E-state index contributed by atoms with van der Waals surface area (Å²) < 4.78 is 12.4. The van der Waals surface area contributed by atoms with Gasteiger partial charge in [0, 0.05) is 36.9 Å². The van der Waals surface area contributed by atoms with E-state index in [4.69, 9.17) is 9.47 Å². The van der Waals surface area contributed by atoms with Crippen LogP contribution in [-0.4, -0.2) is 40.6 Å². The van der Waals surface area contributed by atoms with Crippen molar-refractivity contribution in [1.29, 1.82) is 0 Å². The summed E-state index contributed by atoms with van der Waals surface area (Å²) in [6.07, 6.45) is 2.35. The summed E-state index contributed by atoms with van der Waals surface area (Å²) in [7, 11) is 5.09. The number of nitrogens with zero attached hydrogens (tertiary/aromatic N) is 3. The van der Waals surface area contributed by atoms with Crippen molar-refractivity contribution in [2.24, 2.45) is 7.05 Å². The topological polar surface area (TPSA) is 78.3 Å². The maximum atomic E-state index is 12.2. The van der Waals surface area contributed by atoms with Crippen LogP contribution in [0.3, 0.4) is 0 Å². The Labute approximate surface area is 144 Å². The molecule has 0 radical (unpaired) electrons. The van der Waals surface area contributed by atoms with E-state index in [1.54, 1.807) is 32.4 Å². The first kappa shape index (κ1) is 16.6. The number of carbonyl (C=O) groups is 1. The fraction of sp³-hybridized carbons (Fsp3) is 0.438. The van der Waals surface area contributed by atoms with Gasteiger partial charge in [0.25, 0.3) is 0 Å². The third kappa shape index (κ3) is 3.81. The molecule has 0 unspecified atom stereocenters. The molecule has 1 saturated carbocycles. The highest BCUT2D eigenvalue weighted by Crippen LogP contribution is 2.39. The number of hydrogen-bond acceptors (Lipinski definition) is 6. The lowest BCUT2D eigenvalue weighted by Crippen LogP contribution is -2.14. The predicted molar refractivity (Wildman–Crippen MR) is 91.9 cm³/mol. The van der Waals surface area contributed by atoms with Crippen LogP contribution in [0.5, 0.6) is 11.5 Å². The highest BCUT2D eigenvalue weighted by molar-refractivity contribution is 7.99. The van der Waals surface area contributed by atoms with E-state index in [2.05, 4.69) is 15.5 Å². The van der Waals surface area contributed by atoms with E-state index in [-0.39, 0.29) is 11.7 Å². The Morgan fingerprint density at radius 3 is 2.50 bits per heavy atom. The summed E-state index contributed by atoms with van der Waals surface area (Å²) in [5.41, 5.74) is 0.633. The van der Waals surface area contributed by atoms with Crippen molar-refractivity contribution < 1.29 is 14.3 Å². The van der Waals surface area contributed by atoms with Gasteiger partial charge in [-0.2, -0.15) is 0 Å². The molecule has 1 aromatic heterocycles. The first-order valence-electron chi connectivity index (χ1n) is 7.65. The maximum Gasteiger partial charge on any atom is 0.234 e. The number of amides is 1. The Balaban J connectivity index is 1.59. The first-order chi connectivity index (χ1) is 11.6. The van der Waals surface area contributed by atoms with Crippen LogP contribution in [0.15, 0.2) is 23.4 Å². The molecule has 1 aromatic carbocycles. The quantitative estimate of drug-likeness (QED) is 0.775. The van der Waals surface area contributed by atoms with Gasteiger partial charge in [0.15, 0.2) is 5.16 Å². The molecule has 1 N–H and O–H groups in total. The van der Waals surface area contributed by atoms with Crippen LogP contribution in [-0.2, 0) is 11.8 Å². The maximum absolute atomic E-state index is 12.2. The third-order valence-corrected chi connectivity index (χ3v) is 4.80. The predicted octanol–water partition coefficient (Wildman–Crippen LogP) is 2.44. The van der Waals surface area contributed by atoms with Crippen LogP contribution in [0.4, 0.5) is 5.69 Å². The average Bonchev–Trinajstić information content (AvgIpc) is 3.36. The fourth-order valence-corrected chi connectivity index (χ4v) is 3.07. The number of nitrogens with one attached hydrogen (secondary N) is 1. The van der Waals surface area contributed by atoms with Crippen molar-refractivity contribution >= 4 is 23.4 Å². The van der Waals surface area contributed by atoms with Crippen molar-refractivity contribution in [3.8, 4) is 11.5 Å². The zero-order chi connectivity index (χ0) is 17.1. The largest absolute Gasteiger partial charge is 0.497 e. The Morgan fingerprint density at radius 2 is 1.92 bits per heavy atom. The van der Waals surface area contributed by atoms with E-state index in [9.17, 15) is 4.79 Å². The van der Waals surface area contributed by atoms with Gasteiger partial charge in [-0.1, -0.05) is 11.8 Å². The minimum absolute atomic E-state index is 0.119. The van der Waals surface area contributed by atoms with Gasteiger partial charge >= 0.3 is 0 Å². The van der Waals surface area contributed by atoms with Crippen molar-refractivity contribution in [3.63, 3.8) is 0 Å². The molecule has 7 nitrogen and oxygen atoms in total. The molecule has 0 aliphatic heterocycles. The van der Waals surface area contributed by atoms with Crippen LogP contribution in [0, 0.1) is 0 Å². The molecular formula is C16H20N4O3S. The van der Waals surface area contributed by atoms with Crippen molar-refractivity contribution in [2.75, 3.05) is 25.3 Å². The molecular weight excluding hydrogens is 328 g/mol. The normalized spacial score (nSPS) is 13.6. The smallest absolute Gasteiger partial charge is 0.234 e. The van der Waals surface area contributed by atoms with Gasteiger partial charge in [-0.15, -0.1) is 10.2 Å². The summed E-state index contributed by atoms with van der Waals surface area (Å²) in [6, 6.07) is 5.25. The van der Waals surface area contributed by atoms with Crippen molar-refractivity contribution in [1.82, 2.24) is 14.8 Å². The zero-order valence-corrected chi connectivity index (χ0v) is 14.7. The standard InChI is InChI=1S/C16H20N4O3S/c1-20-15(10-4-5-10)18-19-16(20)24-9-14(21)17-11-6-12(22-2)8-13(7-11)23-3/h6-8,10H,4-5,9H2,1-3H3,(H,17,21). The molecule has 24 heavy (non-hydrogen) atoms. The van der Waals surface area contributed by atoms with Crippen LogP contribution in [0.25, 0.3) is 0 Å². The van der Waals surface area contributed by atoms with E-state index >= 15 is 0 Å². The van der Waals surface area contributed by atoms with E-state index < -0.39 is 0 Å². The molecule has 0 atom stereocenters. The number of rotatable bonds is 7. The number of methoxy groups -OCH3 is 2. The second kappa shape index (κ2) is 7.12. The molecule has 0 spiro atoms. The monoisotopic (exact) mass is 348 g/mol. The molecule has 1 heterocycles.